The highest BCUT2D eigenvalue weighted by atomic mass is 32.2. The molecule has 0 spiro atoms. The van der Waals surface area contributed by atoms with Gasteiger partial charge in [0.2, 0.25) is 0 Å². The van der Waals surface area contributed by atoms with Crippen molar-refractivity contribution in [2.75, 3.05) is 0 Å². The topological polar surface area (TPSA) is 115 Å². The highest BCUT2D eigenvalue weighted by Gasteiger charge is 2.49. The molecule has 0 saturated heterocycles. The van der Waals surface area contributed by atoms with Crippen LogP contribution in [0.15, 0.2) is 48.5 Å². The van der Waals surface area contributed by atoms with E-state index in [0.717, 1.165) is 36.0 Å². The Morgan fingerprint density at radius 2 is 1.54 bits per heavy atom. The molecule has 4 rings (SSSR count). The fraction of sp³-hybridized carbons (Fsp3) is 0.458. The molecule has 1 fully saturated rings. The lowest BCUT2D eigenvalue weighted by atomic mass is 9.59. The summed E-state index contributed by atoms with van der Waals surface area (Å²) < 4.78 is 123. The fourth-order valence-corrected chi connectivity index (χ4v) is 5.64. The van der Waals surface area contributed by atoms with Gasteiger partial charge in [-0.2, -0.15) is 43.2 Å². The van der Waals surface area contributed by atoms with Gasteiger partial charge in [0.1, 0.15) is 11.5 Å². The van der Waals surface area contributed by atoms with Crippen molar-refractivity contribution in [1.29, 1.82) is 0 Å². The van der Waals surface area contributed by atoms with Crippen molar-refractivity contribution < 1.29 is 56.7 Å². The number of benzene rings is 2. The first-order chi connectivity index (χ1) is 17.9. The van der Waals surface area contributed by atoms with Gasteiger partial charge < -0.3 is 4.18 Å². The number of ketones is 1. The van der Waals surface area contributed by atoms with Gasteiger partial charge in [-0.1, -0.05) is 36.4 Å². The molecule has 1 saturated carbocycles. The van der Waals surface area contributed by atoms with Crippen LogP contribution < -0.4 is 4.18 Å². The molecule has 2 aliphatic rings. The lowest BCUT2D eigenvalue weighted by Crippen LogP contribution is -2.42. The van der Waals surface area contributed by atoms with Gasteiger partial charge in [-0.3, -0.25) is 9.35 Å². The molecule has 216 valence electrons. The summed E-state index contributed by atoms with van der Waals surface area (Å²) in [5, 5.41) is 0. The Labute approximate surface area is 221 Å². The maximum atomic E-state index is 12.7. The third kappa shape index (κ3) is 7.11. The predicted molar refractivity (Wildman–Crippen MR) is 127 cm³/mol. The maximum Gasteiger partial charge on any atom is 0.534 e. The van der Waals surface area contributed by atoms with Crippen LogP contribution in [0, 0.1) is 5.92 Å². The zero-order chi connectivity index (χ0) is 29.3. The zero-order valence-electron chi connectivity index (χ0n) is 20.1. The molecule has 15 heteroatoms. The minimum absolute atomic E-state index is 0.140. The van der Waals surface area contributed by atoms with Gasteiger partial charge in [-0.05, 0) is 66.8 Å². The highest BCUT2D eigenvalue weighted by molar-refractivity contribution is 7.88. The molecule has 2 aliphatic carbocycles. The van der Waals surface area contributed by atoms with Crippen LogP contribution in [0.4, 0.5) is 26.3 Å². The number of rotatable bonds is 4. The van der Waals surface area contributed by atoms with E-state index in [1.54, 1.807) is 6.07 Å². The quantitative estimate of drug-likeness (QED) is 0.213. The van der Waals surface area contributed by atoms with Crippen LogP contribution in [0.5, 0.6) is 5.75 Å². The molecule has 2 atom stereocenters. The minimum atomic E-state index is -5.84. The van der Waals surface area contributed by atoms with Gasteiger partial charge in [0, 0.05) is 18.3 Å². The largest absolute Gasteiger partial charge is 0.534 e. The summed E-state index contributed by atoms with van der Waals surface area (Å²) in [4.78, 5) is 12.2. The molecule has 39 heavy (non-hydrogen) atoms. The molecule has 7 nitrogen and oxygen atoms in total. The molecule has 0 aromatic heterocycles. The van der Waals surface area contributed by atoms with Crippen molar-refractivity contribution in [3.8, 4) is 5.75 Å². The first-order valence-electron chi connectivity index (χ1n) is 11.6. The number of alkyl halides is 6. The van der Waals surface area contributed by atoms with Crippen molar-refractivity contribution >= 4 is 26.0 Å². The van der Waals surface area contributed by atoms with Crippen molar-refractivity contribution in [3.63, 3.8) is 0 Å². The van der Waals surface area contributed by atoms with Gasteiger partial charge in [0.25, 0.3) is 0 Å². The summed E-state index contributed by atoms with van der Waals surface area (Å²) in [5.74, 6) is 0.0468. The first kappa shape index (κ1) is 30.9. The van der Waals surface area contributed by atoms with Crippen LogP contribution in [0.3, 0.4) is 0 Å². The van der Waals surface area contributed by atoms with Gasteiger partial charge >= 0.3 is 31.3 Å². The lowest BCUT2D eigenvalue weighted by molar-refractivity contribution is -0.123. The average Bonchev–Trinajstić information content (AvgIpc) is 2.94. The SMILES string of the molecule is O=C1CC[C@@]2(Cc3ccccc3)c3ccc(OS(=O)(=O)C(F)(F)F)cc3CCC[C@@H]2C1.O=S(=O)(O)C(F)(F)F. The third-order valence-electron chi connectivity index (χ3n) is 6.86. The number of hydrogen-bond donors (Lipinski definition) is 1. The van der Waals surface area contributed by atoms with E-state index >= 15 is 0 Å². The van der Waals surface area contributed by atoms with Crippen LogP contribution in [-0.4, -0.2) is 38.2 Å². The summed E-state index contributed by atoms with van der Waals surface area (Å²) in [5.41, 5.74) is -8.42. The number of Topliss-reactive ketones (excluding diaryl/α,β-unsaturated/α-hetero) is 1. The number of hydrogen-bond acceptors (Lipinski definition) is 6. The van der Waals surface area contributed by atoms with E-state index in [4.69, 9.17) is 13.0 Å². The standard InChI is InChI=1S/C23H23F3O4S.CHF3O3S/c24-23(25,26)31(28,29)30-20-9-10-21-17(13-20)7-4-8-18-14-19(27)11-12-22(18,21)15-16-5-2-1-3-6-16;2-1(3,4)8(5,6)7/h1-3,5-6,9-10,13,18H,4,7-8,11-12,14-15H2;(H,5,6,7)/t18-,22+;/m1./s1. The molecule has 0 radical (unpaired) electrons. The summed E-state index contributed by atoms with van der Waals surface area (Å²) in [6, 6.07) is 14.4. The molecule has 0 heterocycles. The van der Waals surface area contributed by atoms with E-state index in [1.165, 1.54) is 12.1 Å². The van der Waals surface area contributed by atoms with Crippen LogP contribution >= 0.6 is 0 Å². The average molecular weight is 603 g/mol. The molecule has 2 aromatic carbocycles. The van der Waals surface area contributed by atoms with Crippen LogP contribution in [-0.2, 0) is 43.3 Å². The Kier molecular flexibility index (Phi) is 8.78. The van der Waals surface area contributed by atoms with Crippen molar-refractivity contribution in [1.82, 2.24) is 0 Å². The molecule has 1 N–H and O–H groups in total. The number of carbonyl (C=O) groups excluding carboxylic acids is 1. The van der Waals surface area contributed by atoms with Gasteiger partial charge in [-0.25, -0.2) is 0 Å². The molecule has 0 unspecified atom stereocenters. The minimum Gasteiger partial charge on any atom is -0.376 e. The number of carbonyl (C=O) groups is 1. The van der Waals surface area contributed by atoms with E-state index in [9.17, 15) is 39.6 Å². The smallest absolute Gasteiger partial charge is 0.376 e. The Balaban J connectivity index is 0.000000459. The molecule has 0 bridgehead atoms. The van der Waals surface area contributed by atoms with Crippen LogP contribution in [0.2, 0.25) is 0 Å². The molecule has 0 amide bonds. The fourth-order valence-electron chi connectivity index (χ4n) is 5.19. The second-order valence-electron chi connectivity index (χ2n) is 9.37. The number of aryl methyl sites for hydroxylation is 1. The number of halogens is 6. The zero-order valence-corrected chi connectivity index (χ0v) is 21.8. The van der Waals surface area contributed by atoms with Crippen LogP contribution in [0.25, 0.3) is 0 Å². The van der Waals surface area contributed by atoms with Gasteiger partial charge in [0.15, 0.2) is 0 Å². The Bertz CT molecular complexity index is 1400. The van der Waals surface area contributed by atoms with E-state index in [0.29, 0.717) is 25.7 Å². The summed E-state index contributed by atoms with van der Waals surface area (Å²) in [6.07, 6.45) is 4.55. The Morgan fingerprint density at radius 3 is 2.10 bits per heavy atom. The first-order valence-corrected chi connectivity index (χ1v) is 14.4. The molecule has 0 aliphatic heterocycles. The second-order valence-corrected chi connectivity index (χ2v) is 12.3. The molecular weight excluding hydrogens is 578 g/mol. The lowest BCUT2D eigenvalue weighted by Gasteiger charge is -2.44. The van der Waals surface area contributed by atoms with Crippen molar-refractivity contribution in [3.05, 3.63) is 65.2 Å². The summed E-state index contributed by atoms with van der Waals surface area (Å²) in [7, 11) is -11.6. The highest BCUT2D eigenvalue weighted by Crippen LogP contribution is 2.51. The Morgan fingerprint density at radius 1 is 0.923 bits per heavy atom. The normalized spacial score (nSPS) is 22.0. The number of fused-ring (bicyclic) bond motifs is 3. The van der Waals surface area contributed by atoms with E-state index in [-0.39, 0.29) is 22.9 Å². The second kappa shape index (κ2) is 11.1. The summed E-state index contributed by atoms with van der Waals surface area (Å²) in [6.45, 7) is 0. The third-order valence-corrected chi connectivity index (χ3v) is 8.43. The van der Waals surface area contributed by atoms with Gasteiger partial charge in [0.05, 0.1) is 0 Å². The van der Waals surface area contributed by atoms with Gasteiger partial charge in [-0.15, -0.1) is 0 Å². The van der Waals surface area contributed by atoms with Crippen molar-refractivity contribution in [2.24, 2.45) is 5.92 Å². The van der Waals surface area contributed by atoms with E-state index < -0.39 is 31.3 Å². The Hall–Kier alpha value is -2.65. The van der Waals surface area contributed by atoms with E-state index in [2.05, 4.69) is 4.18 Å². The monoisotopic (exact) mass is 602 g/mol. The summed E-state index contributed by atoms with van der Waals surface area (Å²) >= 11 is 0. The van der Waals surface area contributed by atoms with E-state index in [1.807, 2.05) is 30.3 Å². The molecule has 2 aromatic rings. The van der Waals surface area contributed by atoms with Crippen molar-refractivity contribution in [2.45, 2.75) is 61.4 Å². The predicted octanol–water partition coefficient (Wildman–Crippen LogP) is 5.50. The maximum absolute atomic E-state index is 12.7. The molecular formula is C24H24F6O7S2. The van der Waals surface area contributed by atoms with Crippen LogP contribution in [0.1, 0.15) is 48.8 Å².